The van der Waals surface area contributed by atoms with E-state index < -0.39 is 23.2 Å². The molecule has 0 heterocycles. The van der Waals surface area contributed by atoms with Crippen LogP contribution in [0.3, 0.4) is 0 Å². The first-order valence-electron chi connectivity index (χ1n) is 5.10. The van der Waals surface area contributed by atoms with Gasteiger partial charge in [-0.1, -0.05) is 0 Å². The summed E-state index contributed by atoms with van der Waals surface area (Å²) in [4.78, 5) is 10.4. The molecular formula is C14H8F3OY-. The maximum Gasteiger partial charge on any atom is 0.338 e. The molecule has 1 radical (unpaired) electrons. The van der Waals surface area contributed by atoms with Gasteiger partial charge in [0.1, 0.15) is 17.2 Å². The summed E-state index contributed by atoms with van der Waals surface area (Å²) >= 11 is 0. The second kappa shape index (κ2) is 6.35. The van der Waals surface area contributed by atoms with Gasteiger partial charge >= 0.3 is 6.04 Å². The van der Waals surface area contributed by atoms with Gasteiger partial charge in [0.05, 0.1) is 0 Å². The summed E-state index contributed by atoms with van der Waals surface area (Å²) in [6.45, 7) is 3.69. The minimum Gasteiger partial charge on any atom is -0.255 e. The van der Waals surface area contributed by atoms with Crippen molar-refractivity contribution < 1.29 is 50.7 Å². The van der Waals surface area contributed by atoms with Gasteiger partial charge in [-0.2, -0.15) is 29.0 Å². The van der Waals surface area contributed by atoms with E-state index in [0.717, 1.165) is 17.7 Å². The number of halogens is 3. The van der Waals surface area contributed by atoms with Crippen LogP contribution in [0, 0.1) is 18.6 Å². The zero-order valence-corrected chi connectivity index (χ0v) is 12.6. The minimum absolute atomic E-state index is 0. The van der Waals surface area contributed by atoms with Crippen LogP contribution in [0.4, 0.5) is 13.2 Å². The van der Waals surface area contributed by atoms with Crippen molar-refractivity contribution in [3.05, 3.63) is 66.1 Å². The fraction of sp³-hybridized carbons (Fsp3) is 0. The molecular weight excluding hydrogens is 330 g/mol. The van der Waals surface area contributed by atoms with E-state index in [2.05, 4.69) is 6.92 Å². The molecule has 0 unspecified atom stereocenters. The van der Waals surface area contributed by atoms with Crippen molar-refractivity contribution in [1.82, 2.24) is 0 Å². The van der Waals surface area contributed by atoms with Gasteiger partial charge < -0.3 is 0 Å². The molecule has 0 fully saturated rings. The van der Waals surface area contributed by atoms with Crippen LogP contribution in [0.1, 0.15) is 15.9 Å². The zero-order valence-electron chi connectivity index (χ0n) is 9.79. The molecule has 2 rings (SSSR count). The second-order valence-electron chi connectivity index (χ2n) is 3.79. The molecule has 1 nitrogen and oxygen atoms in total. The van der Waals surface area contributed by atoms with E-state index in [1.165, 1.54) is 0 Å². The number of carbonyl (C=O) groups excluding carboxylic acids is 1. The standard InChI is InChI=1S/C14H8F3O.Y/c1-8-2-4-9(5-3-8)10-6-11(15)13(14(17)18)12(16)7-10;/h2-7H,1H2;/q-1;. The molecule has 2 aromatic carbocycles. The number of hydrogen-bond acceptors (Lipinski definition) is 1. The maximum absolute atomic E-state index is 13.4. The first kappa shape index (κ1) is 15.9. The van der Waals surface area contributed by atoms with E-state index in [9.17, 15) is 18.0 Å². The van der Waals surface area contributed by atoms with Crippen LogP contribution in [-0.4, -0.2) is 6.04 Å². The third-order valence-electron chi connectivity index (χ3n) is 2.53. The van der Waals surface area contributed by atoms with Gasteiger partial charge in [0.2, 0.25) is 0 Å². The third-order valence-corrected chi connectivity index (χ3v) is 2.53. The molecule has 0 bridgehead atoms. The predicted molar refractivity (Wildman–Crippen MR) is 61.7 cm³/mol. The van der Waals surface area contributed by atoms with E-state index in [1.54, 1.807) is 24.3 Å². The molecule has 95 valence electrons. The van der Waals surface area contributed by atoms with E-state index in [4.69, 9.17) is 0 Å². The smallest absolute Gasteiger partial charge is 0.255 e. The van der Waals surface area contributed by atoms with E-state index in [-0.39, 0.29) is 38.3 Å². The van der Waals surface area contributed by atoms with Gasteiger partial charge in [-0.05, 0) is 23.3 Å². The van der Waals surface area contributed by atoms with Gasteiger partial charge in [0, 0.05) is 32.7 Å². The van der Waals surface area contributed by atoms with Gasteiger partial charge in [0.25, 0.3) is 0 Å². The quantitative estimate of drug-likeness (QED) is 0.599. The van der Waals surface area contributed by atoms with Crippen molar-refractivity contribution in [1.29, 1.82) is 0 Å². The Morgan fingerprint density at radius 2 is 1.42 bits per heavy atom. The van der Waals surface area contributed by atoms with Gasteiger partial charge in [-0.15, -0.1) is 12.1 Å². The van der Waals surface area contributed by atoms with Gasteiger partial charge in [-0.3, -0.25) is 4.79 Å². The summed E-state index contributed by atoms with van der Waals surface area (Å²) in [6.07, 6.45) is 0. The third kappa shape index (κ3) is 3.45. The molecule has 2 aromatic rings. The summed E-state index contributed by atoms with van der Waals surface area (Å²) in [5.74, 6) is -2.42. The van der Waals surface area contributed by atoms with Crippen LogP contribution < -0.4 is 0 Å². The Bertz CT molecular complexity index is 586. The first-order valence-corrected chi connectivity index (χ1v) is 5.10. The molecule has 0 aliphatic rings. The summed E-state index contributed by atoms with van der Waals surface area (Å²) in [5, 5.41) is 0. The maximum atomic E-state index is 13.4. The van der Waals surface area contributed by atoms with E-state index in [1.807, 2.05) is 0 Å². The molecule has 5 heteroatoms. The average molecular weight is 338 g/mol. The molecule has 0 aromatic heterocycles. The monoisotopic (exact) mass is 338 g/mol. The molecule has 0 spiro atoms. The molecule has 0 saturated heterocycles. The van der Waals surface area contributed by atoms with Crippen LogP contribution in [-0.2, 0) is 32.7 Å². The van der Waals surface area contributed by atoms with Crippen LogP contribution >= 0.6 is 0 Å². The SMILES string of the molecule is [CH2-]c1ccc(-c2cc(F)c(C(=O)F)c(F)c2)cc1.[Y]. The molecule has 0 saturated carbocycles. The number of hydrogen-bond donors (Lipinski definition) is 0. The first-order chi connectivity index (χ1) is 8.49. The van der Waals surface area contributed by atoms with E-state index in [0.29, 0.717) is 5.56 Å². The Labute approximate surface area is 133 Å². The van der Waals surface area contributed by atoms with Crippen LogP contribution in [0.25, 0.3) is 11.1 Å². The number of benzene rings is 2. The zero-order chi connectivity index (χ0) is 13.3. The minimum atomic E-state index is -2.12. The van der Waals surface area contributed by atoms with Crippen molar-refractivity contribution in [2.24, 2.45) is 0 Å². The molecule has 0 N–H and O–H groups in total. The molecule has 0 aliphatic heterocycles. The Morgan fingerprint density at radius 1 is 0.947 bits per heavy atom. The second-order valence-corrected chi connectivity index (χ2v) is 3.79. The summed E-state index contributed by atoms with van der Waals surface area (Å²) < 4.78 is 39.2. The molecule has 0 aliphatic carbocycles. The fourth-order valence-corrected chi connectivity index (χ4v) is 1.62. The molecule has 19 heavy (non-hydrogen) atoms. The van der Waals surface area contributed by atoms with E-state index >= 15 is 0 Å². The Kier molecular flexibility index (Phi) is 5.32. The van der Waals surface area contributed by atoms with Crippen LogP contribution in [0.2, 0.25) is 0 Å². The van der Waals surface area contributed by atoms with Gasteiger partial charge in [-0.25, -0.2) is 8.78 Å². The van der Waals surface area contributed by atoms with Crippen molar-refractivity contribution in [2.45, 2.75) is 0 Å². The Balaban J connectivity index is 0.00000180. The normalized spacial score (nSPS) is 9.84. The molecule has 0 atom stereocenters. The number of carbonyl (C=O) groups is 1. The van der Waals surface area contributed by atoms with Crippen molar-refractivity contribution in [3.63, 3.8) is 0 Å². The molecule has 0 amide bonds. The van der Waals surface area contributed by atoms with Crippen LogP contribution in [0.15, 0.2) is 36.4 Å². The Hall–Kier alpha value is -1.13. The Morgan fingerprint density at radius 3 is 1.84 bits per heavy atom. The topological polar surface area (TPSA) is 17.1 Å². The van der Waals surface area contributed by atoms with Crippen molar-refractivity contribution in [3.8, 4) is 11.1 Å². The fourth-order valence-electron chi connectivity index (χ4n) is 1.62. The van der Waals surface area contributed by atoms with Gasteiger partial charge in [0.15, 0.2) is 0 Å². The summed E-state index contributed by atoms with van der Waals surface area (Å²) in [5.41, 5.74) is 0.385. The summed E-state index contributed by atoms with van der Waals surface area (Å²) in [7, 11) is 0. The number of rotatable bonds is 2. The largest absolute Gasteiger partial charge is 0.338 e. The summed E-state index contributed by atoms with van der Waals surface area (Å²) in [6, 6.07) is 6.35. The van der Waals surface area contributed by atoms with Crippen molar-refractivity contribution >= 4 is 6.04 Å². The van der Waals surface area contributed by atoms with Crippen LogP contribution in [0.5, 0.6) is 0 Å². The predicted octanol–water partition coefficient (Wildman–Crippen LogP) is 3.92. The average Bonchev–Trinajstić information content (AvgIpc) is 2.28. The van der Waals surface area contributed by atoms with Crippen molar-refractivity contribution in [2.75, 3.05) is 0 Å².